The zero-order valence-electron chi connectivity index (χ0n) is 11.7. The van der Waals surface area contributed by atoms with Gasteiger partial charge in [0.25, 0.3) is 0 Å². The number of aromatic amines is 1. The monoisotopic (exact) mass is 320 g/mol. The van der Waals surface area contributed by atoms with Crippen LogP contribution < -0.4 is 5.32 Å². The summed E-state index contributed by atoms with van der Waals surface area (Å²) in [6, 6.07) is 0.498. The Hall–Kier alpha value is -0.630. The average molecular weight is 321 g/mol. The Balaban J connectivity index is 0.00000147. The highest BCUT2D eigenvalue weighted by molar-refractivity contribution is 7.89. The molecule has 2 aliphatic heterocycles. The Morgan fingerprint density at radius 3 is 2.70 bits per heavy atom. The van der Waals surface area contributed by atoms with Crippen LogP contribution in [0.4, 0.5) is 0 Å². The maximum atomic E-state index is 12.7. The number of hydrogen-bond donors (Lipinski definition) is 2. The number of aryl methyl sites for hydroxylation is 2. The number of H-pyrrole nitrogens is 1. The number of fused-ring (bicyclic) bond motifs is 1. The summed E-state index contributed by atoms with van der Waals surface area (Å²) in [5.41, 5.74) is 1.19. The molecule has 0 spiro atoms. The van der Waals surface area contributed by atoms with Crippen molar-refractivity contribution in [2.45, 2.75) is 37.6 Å². The van der Waals surface area contributed by atoms with Crippen molar-refractivity contribution < 1.29 is 8.42 Å². The van der Waals surface area contributed by atoms with Gasteiger partial charge in [-0.15, -0.1) is 12.4 Å². The van der Waals surface area contributed by atoms with Crippen molar-refractivity contribution in [1.82, 2.24) is 19.8 Å². The SMILES string of the molecule is Cc1n[nH]c(C)c1S(=O)(=O)N1CCC2NCCC2C1.Cl. The number of halogens is 1. The second kappa shape index (κ2) is 5.63. The molecule has 8 heteroatoms. The van der Waals surface area contributed by atoms with Crippen molar-refractivity contribution in [1.29, 1.82) is 0 Å². The first kappa shape index (κ1) is 15.8. The van der Waals surface area contributed by atoms with Crippen molar-refractivity contribution in [3.8, 4) is 0 Å². The molecule has 20 heavy (non-hydrogen) atoms. The van der Waals surface area contributed by atoms with Crippen LogP contribution in [0, 0.1) is 19.8 Å². The molecule has 6 nitrogen and oxygen atoms in total. The van der Waals surface area contributed by atoms with Gasteiger partial charge in [0.15, 0.2) is 0 Å². The molecule has 0 aliphatic carbocycles. The molecule has 3 rings (SSSR count). The minimum atomic E-state index is -3.41. The van der Waals surface area contributed by atoms with Gasteiger partial charge in [0.1, 0.15) is 4.90 Å². The van der Waals surface area contributed by atoms with Crippen LogP contribution in [0.5, 0.6) is 0 Å². The van der Waals surface area contributed by atoms with E-state index in [2.05, 4.69) is 15.5 Å². The number of sulfonamides is 1. The molecule has 0 saturated carbocycles. The summed E-state index contributed by atoms with van der Waals surface area (Å²) in [6.07, 6.45) is 1.97. The summed E-state index contributed by atoms with van der Waals surface area (Å²) in [4.78, 5) is 0.358. The minimum Gasteiger partial charge on any atom is -0.314 e. The van der Waals surface area contributed by atoms with Gasteiger partial charge in [-0.25, -0.2) is 8.42 Å². The van der Waals surface area contributed by atoms with Gasteiger partial charge in [-0.2, -0.15) is 9.40 Å². The normalized spacial score (nSPS) is 27.1. The van der Waals surface area contributed by atoms with Gasteiger partial charge >= 0.3 is 0 Å². The molecule has 0 amide bonds. The highest BCUT2D eigenvalue weighted by Crippen LogP contribution is 2.30. The molecule has 2 fully saturated rings. The van der Waals surface area contributed by atoms with E-state index < -0.39 is 10.0 Å². The van der Waals surface area contributed by atoms with E-state index >= 15 is 0 Å². The smallest absolute Gasteiger partial charge is 0.246 e. The van der Waals surface area contributed by atoms with Crippen molar-refractivity contribution in [2.24, 2.45) is 5.92 Å². The number of nitrogens with one attached hydrogen (secondary N) is 2. The summed E-state index contributed by atoms with van der Waals surface area (Å²) < 4.78 is 27.1. The Bertz CT molecular complexity index is 567. The lowest BCUT2D eigenvalue weighted by Gasteiger charge is -2.33. The molecule has 2 unspecified atom stereocenters. The quantitative estimate of drug-likeness (QED) is 0.845. The standard InChI is InChI=1S/C12H20N4O2S.ClH/c1-8-12(9(2)15-14-8)19(17,18)16-6-4-11-10(7-16)3-5-13-11;/h10-11,13H,3-7H2,1-2H3,(H,14,15);1H. The summed E-state index contributed by atoms with van der Waals surface area (Å²) in [5.74, 6) is 0.455. The molecular weight excluding hydrogens is 300 g/mol. The topological polar surface area (TPSA) is 78.1 Å². The van der Waals surface area contributed by atoms with E-state index in [1.807, 2.05) is 0 Å². The molecule has 3 heterocycles. The molecule has 114 valence electrons. The van der Waals surface area contributed by atoms with Gasteiger partial charge in [0, 0.05) is 19.1 Å². The first-order chi connectivity index (χ1) is 9.00. The van der Waals surface area contributed by atoms with E-state index in [1.165, 1.54) is 0 Å². The summed E-state index contributed by atoms with van der Waals surface area (Å²) in [7, 11) is -3.41. The summed E-state index contributed by atoms with van der Waals surface area (Å²) in [5, 5.41) is 10.2. The highest BCUT2D eigenvalue weighted by atomic mass is 35.5. The average Bonchev–Trinajstić information content (AvgIpc) is 2.95. The van der Waals surface area contributed by atoms with E-state index in [4.69, 9.17) is 0 Å². The molecule has 2 aliphatic rings. The van der Waals surface area contributed by atoms with Crippen LogP contribution in [0.3, 0.4) is 0 Å². The molecular formula is C12H21ClN4O2S. The molecule has 2 N–H and O–H groups in total. The fourth-order valence-corrected chi connectivity index (χ4v) is 5.13. The highest BCUT2D eigenvalue weighted by Gasteiger charge is 2.39. The third-order valence-corrected chi connectivity index (χ3v) is 6.41. The van der Waals surface area contributed by atoms with Gasteiger partial charge < -0.3 is 5.32 Å². The Morgan fingerprint density at radius 1 is 1.30 bits per heavy atom. The molecule has 1 aromatic rings. The van der Waals surface area contributed by atoms with Crippen molar-refractivity contribution >= 4 is 22.4 Å². The lowest BCUT2D eigenvalue weighted by atomic mass is 9.95. The molecule has 0 aromatic carbocycles. The Kier molecular flexibility index (Phi) is 4.44. The molecule has 1 aromatic heterocycles. The van der Waals surface area contributed by atoms with Crippen LogP contribution in [-0.2, 0) is 10.0 Å². The molecule has 0 bridgehead atoms. The Morgan fingerprint density at radius 2 is 2.05 bits per heavy atom. The van der Waals surface area contributed by atoms with Crippen LogP contribution in [0.25, 0.3) is 0 Å². The fraction of sp³-hybridized carbons (Fsp3) is 0.750. The maximum absolute atomic E-state index is 12.7. The lowest BCUT2D eigenvalue weighted by Crippen LogP contribution is -2.46. The van der Waals surface area contributed by atoms with E-state index in [-0.39, 0.29) is 12.4 Å². The lowest BCUT2D eigenvalue weighted by molar-refractivity contribution is 0.247. The third kappa shape index (κ3) is 2.47. The number of rotatable bonds is 2. The van der Waals surface area contributed by atoms with Gasteiger partial charge in [-0.3, -0.25) is 5.10 Å². The van der Waals surface area contributed by atoms with Crippen LogP contribution in [0.1, 0.15) is 24.2 Å². The zero-order chi connectivity index (χ0) is 13.6. The predicted molar refractivity (Wildman–Crippen MR) is 78.6 cm³/mol. The van der Waals surface area contributed by atoms with Gasteiger partial charge in [-0.05, 0) is 39.2 Å². The first-order valence-electron chi connectivity index (χ1n) is 6.75. The fourth-order valence-electron chi connectivity index (χ4n) is 3.28. The van der Waals surface area contributed by atoms with E-state index in [9.17, 15) is 8.42 Å². The van der Waals surface area contributed by atoms with Gasteiger partial charge in [0.05, 0.1) is 11.4 Å². The number of aromatic nitrogens is 2. The van der Waals surface area contributed by atoms with Crippen LogP contribution in [0.15, 0.2) is 4.90 Å². The van der Waals surface area contributed by atoms with E-state index in [0.29, 0.717) is 41.3 Å². The number of hydrogen-bond acceptors (Lipinski definition) is 4. The van der Waals surface area contributed by atoms with Gasteiger partial charge in [0.2, 0.25) is 10.0 Å². The van der Waals surface area contributed by atoms with E-state index in [1.54, 1.807) is 18.2 Å². The zero-order valence-corrected chi connectivity index (χ0v) is 13.4. The largest absolute Gasteiger partial charge is 0.314 e. The molecule has 0 radical (unpaired) electrons. The second-order valence-electron chi connectivity index (χ2n) is 5.52. The van der Waals surface area contributed by atoms with Crippen LogP contribution in [0.2, 0.25) is 0 Å². The molecule has 2 saturated heterocycles. The van der Waals surface area contributed by atoms with Gasteiger partial charge in [-0.1, -0.05) is 0 Å². The number of piperidine rings is 1. The molecule has 2 atom stereocenters. The van der Waals surface area contributed by atoms with Crippen molar-refractivity contribution in [3.05, 3.63) is 11.4 Å². The number of nitrogens with zero attached hydrogens (tertiary/aromatic N) is 2. The Labute approximate surface area is 125 Å². The van der Waals surface area contributed by atoms with Crippen molar-refractivity contribution in [3.63, 3.8) is 0 Å². The first-order valence-corrected chi connectivity index (χ1v) is 8.19. The maximum Gasteiger partial charge on any atom is 0.246 e. The third-order valence-electron chi connectivity index (χ3n) is 4.28. The summed E-state index contributed by atoms with van der Waals surface area (Å²) >= 11 is 0. The minimum absolute atomic E-state index is 0. The van der Waals surface area contributed by atoms with Crippen LogP contribution >= 0.6 is 12.4 Å². The van der Waals surface area contributed by atoms with Crippen LogP contribution in [-0.4, -0.2) is 48.6 Å². The summed E-state index contributed by atoms with van der Waals surface area (Å²) in [6.45, 7) is 5.73. The van der Waals surface area contributed by atoms with Crippen molar-refractivity contribution in [2.75, 3.05) is 19.6 Å². The predicted octanol–water partition coefficient (Wildman–Crippen LogP) is 0.821. The van der Waals surface area contributed by atoms with E-state index in [0.717, 1.165) is 19.4 Å². The second-order valence-corrected chi connectivity index (χ2v) is 7.40.